The van der Waals surface area contributed by atoms with E-state index in [9.17, 15) is 0 Å². The Morgan fingerprint density at radius 1 is 1.15 bits per heavy atom. The van der Waals surface area contributed by atoms with Crippen LogP contribution in [0.5, 0.6) is 17.4 Å². The second kappa shape index (κ2) is 7.74. The van der Waals surface area contributed by atoms with Crippen LogP contribution < -0.4 is 14.2 Å². The minimum atomic E-state index is -0.0966. The van der Waals surface area contributed by atoms with Crippen LogP contribution in [0.2, 0.25) is 0 Å². The van der Waals surface area contributed by atoms with E-state index >= 15 is 0 Å². The first-order valence-corrected chi connectivity index (χ1v) is 9.34. The number of hydrogen-bond acceptors (Lipinski definition) is 6. The molecule has 0 amide bonds. The topological polar surface area (TPSA) is 53.1 Å². The molecular formula is C21H26N2O4. The van der Waals surface area contributed by atoms with E-state index < -0.39 is 0 Å². The van der Waals surface area contributed by atoms with Gasteiger partial charge in [-0.2, -0.15) is 0 Å². The van der Waals surface area contributed by atoms with Crippen molar-refractivity contribution >= 4 is 0 Å². The Bertz CT molecular complexity index is 740. The lowest BCUT2D eigenvalue weighted by Gasteiger charge is -2.53. The van der Waals surface area contributed by atoms with E-state index in [1.165, 1.54) is 5.56 Å². The Hall–Kier alpha value is -2.31. The third-order valence-electron chi connectivity index (χ3n) is 5.21. The lowest BCUT2D eigenvalue weighted by molar-refractivity contribution is -0.188. The second-order valence-electron chi connectivity index (χ2n) is 7.30. The maximum atomic E-state index is 6.14. The van der Waals surface area contributed by atoms with Crippen LogP contribution in [0.1, 0.15) is 18.4 Å². The van der Waals surface area contributed by atoms with Gasteiger partial charge in [-0.05, 0) is 23.8 Å². The minimum Gasteiger partial charge on any atom is -0.497 e. The van der Waals surface area contributed by atoms with E-state index in [0.717, 1.165) is 50.6 Å². The summed E-state index contributed by atoms with van der Waals surface area (Å²) in [5, 5.41) is 0. The predicted octanol–water partition coefficient (Wildman–Crippen LogP) is 2.91. The fraction of sp³-hybridized carbons (Fsp3) is 0.476. The molecular weight excluding hydrogens is 344 g/mol. The van der Waals surface area contributed by atoms with Gasteiger partial charge in [0.15, 0.2) is 0 Å². The molecule has 1 aromatic carbocycles. The standard InChI is InChI=1S/C21H26N2O4/c1-24-18-9-16(10-19(11-18)25-2)13-23-14-21(15-23)12-17(6-8-26-21)27-20-5-3-4-7-22-20/h3-5,7,9-11,17H,6,8,12-15H2,1-2H3/t17-/m1/s1. The van der Waals surface area contributed by atoms with Gasteiger partial charge in [-0.1, -0.05) is 6.07 Å². The van der Waals surface area contributed by atoms with Crippen molar-refractivity contribution in [2.75, 3.05) is 33.9 Å². The second-order valence-corrected chi connectivity index (χ2v) is 7.30. The van der Waals surface area contributed by atoms with E-state index in [4.69, 9.17) is 18.9 Å². The highest BCUT2D eigenvalue weighted by molar-refractivity contribution is 5.38. The summed E-state index contributed by atoms with van der Waals surface area (Å²) >= 11 is 0. The molecule has 0 saturated carbocycles. The van der Waals surface area contributed by atoms with Crippen LogP contribution >= 0.6 is 0 Å². The van der Waals surface area contributed by atoms with Crippen molar-refractivity contribution in [1.29, 1.82) is 0 Å². The number of likely N-dealkylation sites (tertiary alicyclic amines) is 1. The third-order valence-corrected chi connectivity index (χ3v) is 5.21. The number of pyridine rings is 1. The highest BCUT2D eigenvalue weighted by Gasteiger charge is 2.48. The van der Waals surface area contributed by atoms with Gasteiger partial charge in [0, 0.05) is 50.8 Å². The first-order valence-electron chi connectivity index (χ1n) is 9.34. The van der Waals surface area contributed by atoms with Crippen LogP contribution in [0, 0.1) is 0 Å². The summed E-state index contributed by atoms with van der Waals surface area (Å²) in [6, 6.07) is 11.8. The molecule has 1 spiro atoms. The molecule has 0 N–H and O–H groups in total. The predicted molar refractivity (Wildman–Crippen MR) is 101 cm³/mol. The average Bonchev–Trinajstić information content (AvgIpc) is 2.67. The normalized spacial score (nSPS) is 21.5. The van der Waals surface area contributed by atoms with Gasteiger partial charge < -0.3 is 18.9 Å². The molecule has 2 aromatic rings. The SMILES string of the molecule is COc1cc(CN2CC3(C[C@H](Oc4ccccn4)CCO3)C2)cc(OC)c1. The summed E-state index contributed by atoms with van der Waals surface area (Å²) in [5.41, 5.74) is 1.08. The third kappa shape index (κ3) is 4.17. The zero-order valence-corrected chi connectivity index (χ0v) is 15.9. The van der Waals surface area contributed by atoms with E-state index in [-0.39, 0.29) is 11.7 Å². The Labute approximate surface area is 160 Å². The molecule has 6 nitrogen and oxygen atoms in total. The van der Waals surface area contributed by atoms with Gasteiger partial charge in [-0.25, -0.2) is 4.98 Å². The largest absolute Gasteiger partial charge is 0.497 e. The molecule has 0 aliphatic carbocycles. The number of ether oxygens (including phenoxy) is 4. The molecule has 2 aliphatic heterocycles. The summed E-state index contributed by atoms with van der Waals surface area (Å²) in [6.07, 6.45) is 3.73. The van der Waals surface area contributed by atoms with Crippen LogP contribution in [0.15, 0.2) is 42.6 Å². The average molecular weight is 370 g/mol. The summed E-state index contributed by atoms with van der Waals surface area (Å²) in [4.78, 5) is 6.66. The Kier molecular flexibility index (Phi) is 5.18. The first kappa shape index (κ1) is 18.1. The van der Waals surface area contributed by atoms with Gasteiger partial charge in [0.2, 0.25) is 5.88 Å². The van der Waals surface area contributed by atoms with Crippen molar-refractivity contribution in [3.63, 3.8) is 0 Å². The monoisotopic (exact) mass is 370 g/mol. The van der Waals surface area contributed by atoms with Gasteiger partial charge in [-0.15, -0.1) is 0 Å². The maximum absolute atomic E-state index is 6.14. The van der Waals surface area contributed by atoms with E-state index in [1.54, 1.807) is 20.4 Å². The maximum Gasteiger partial charge on any atom is 0.213 e. The quantitative estimate of drug-likeness (QED) is 0.779. The minimum absolute atomic E-state index is 0.0966. The fourth-order valence-electron chi connectivity index (χ4n) is 3.99. The molecule has 1 aromatic heterocycles. The first-order chi connectivity index (χ1) is 13.2. The van der Waals surface area contributed by atoms with Crippen molar-refractivity contribution in [2.45, 2.75) is 31.1 Å². The lowest BCUT2D eigenvalue weighted by Crippen LogP contribution is -2.65. The van der Waals surface area contributed by atoms with Crippen LogP contribution in [0.25, 0.3) is 0 Å². The van der Waals surface area contributed by atoms with Crippen molar-refractivity contribution < 1.29 is 18.9 Å². The van der Waals surface area contributed by atoms with Crippen molar-refractivity contribution in [3.8, 4) is 17.4 Å². The Morgan fingerprint density at radius 2 is 1.93 bits per heavy atom. The molecule has 0 bridgehead atoms. The summed E-state index contributed by atoms with van der Waals surface area (Å²) in [7, 11) is 3.35. The van der Waals surface area contributed by atoms with E-state index in [1.807, 2.05) is 24.3 Å². The zero-order chi connectivity index (χ0) is 18.7. The van der Waals surface area contributed by atoms with Crippen molar-refractivity contribution in [2.24, 2.45) is 0 Å². The summed E-state index contributed by atoms with van der Waals surface area (Å²) < 4.78 is 22.9. The molecule has 1 atom stereocenters. The van der Waals surface area contributed by atoms with Gasteiger partial charge in [0.05, 0.1) is 26.4 Å². The number of aromatic nitrogens is 1. The molecule has 2 fully saturated rings. The van der Waals surface area contributed by atoms with Crippen LogP contribution in [0.3, 0.4) is 0 Å². The molecule has 4 rings (SSSR count). The molecule has 2 aliphatic rings. The van der Waals surface area contributed by atoms with E-state index in [0.29, 0.717) is 5.88 Å². The molecule has 0 unspecified atom stereocenters. The summed E-state index contributed by atoms with van der Waals surface area (Å²) in [5.74, 6) is 2.33. The van der Waals surface area contributed by atoms with E-state index in [2.05, 4.69) is 22.0 Å². The molecule has 2 saturated heterocycles. The lowest BCUT2D eigenvalue weighted by atomic mass is 9.84. The highest BCUT2D eigenvalue weighted by atomic mass is 16.5. The van der Waals surface area contributed by atoms with Crippen molar-refractivity contribution in [3.05, 3.63) is 48.2 Å². The molecule has 144 valence electrons. The number of methoxy groups -OCH3 is 2. The highest BCUT2D eigenvalue weighted by Crippen LogP contribution is 2.36. The molecule has 6 heteroatoms. The van der Waals surface area contributed by atoms with Gasteiger partial charge in [0.1, 0.15) is 17.6 Å². The zero-order valence-electron chi connectivity index (χ0n) is 15.9. The van der Waals surface area contributed by atoms with Crippen molar-refractivity contribution in [1.82, 2.24) is 9.88 Å². The smallest absolute Gasteiger partial charge is 0.213 e. The molecule has 27 heavy (non-hydrogen) atoms. The van der Waals surface area contributed by atoms with Gasteiger partial charge >= 0.3 is 0 Å². The Morgan fingerprint density at radius 3 is 2.59 bits per heavy atom. The number of hydrogen-bond donors (Lipinski definition) is 0. The number of rotatable bonds is 6. The number of nitrogens with zero attached hydrogens (tertiary/aromatic N) is 2. The summed E-state index contributed by atoms with van der Waals surface area (Å²) in [6.45, 7) is 3.41. The molecule has 0 radical (unpaired) electrons. The van der Waals surface area contributed by atoms with Gasteiger partial charge in [-0.3, -0.25) is 4.90 Å². The number of benzene rings is 1. The van der Waals surface area contributed by atoms with Crippen LogP contribution in [0.4, 0.5) is 0 Å². The molecule has 3 heterocycles. The Balaban J connectivity index is 1.34. The fourth-order valence-corrected chi connectivity index (χ4v) is 3.99. The van der Waals surface area contributed by atoms with Gasteiger partial charge in [0.25, 0.3) is 0 Å². The van der Waals surface area contributed by atoms with Crippen LogP contribution in [-0.4, -0.2) is 55.5 Å². The van der Waals surface area contributed by atoms with Crippen LogP contribution in [-0.2, 0) is 11.3 Å².